The van der Waals surface area contributed by atoms with Crippen LogP contribution in [0.2, 0.25) is 0 Å². The molecule has 1 aromatic heterocycles. The van der Waals surface area contributed by atoms with E-state index in [2.05, 4.69) is 15.5 Å². The largest absolute Gasteiger partial charge is 0.497 e. The summed E-state index contributed by atoms with van der Waals surface area (Å²) in [5.41, 5.74) is 2.31. The lowest BCUT2D eigenvalue weighted by Gasteiger charge is -2.19. The monoisotopic (exact) mass is 337 g/mol. The molecule has 7 heteroatoms. The van der Waals surface area contributed by atoms with Crippen LogP contribution < -0.4 is 14.8 Å². The van der Waals surface area contributed by atoms with Gasteiger partial charge in [-0.15, -0.1) is 0 Å². The van der Waals surface area contributed by atoms with Crippen molar-refractivity contribution >= 4 is 11.6 Å². The number of rotatable bonds is 4. The van der Waals surface area contributed by atoms with Gasteiger partial charge in [-0.05, 0) is 29.8 Å². The van der Waals surface area contributed by atoms with Gasteiger partial charge in [0.1, 0.15) is 5.75 Å². The highest BCUT2D eigenvalue weighted by atomic mass is 16.5. The topological polar surface area (TPSA) is 86.5 Å². The lowest BCUT2D eigenvalue weighted by atomic mass is 10.1. The van der Waals surface area contributed by atoms with Gasteiger partial charge in [-0.1, -0.05) is 23.4 Å². The molecule has 0 unspecified atom stereocenters. The first-order valence-electron chi connectivity index (χ1n) is 7.74. The molecule has 0 saturated heterocycles. The molecule has 3 aromatic rings. The highest BCUT2D eigenvalue weighted by molar-refractivity contribution is 5.97. The normalized spacial score (nSPS) is 12.9. The van der Waals surface area contributed by atoms with Crippen LogP contribution in [-0.4, -0.2) is 29.8 Å². The van der Waals surface area contributed by atoms with E-state index in [4.69, 9.17) is 14.0 Å². The van der Waals surface area contributed by atoms with E-state index in [1.807, 2.05) is 30.3 Å². The van der Waals surface area contributed by atoms with Gasteiger partial charge in [0.05, 0.1) is 18.4 Å². The van der Waals surface area contributed by atoms with Gasteiger partial charge in [0.25, 0.3) is 11.8 Å². The summed E-state index contributed by atoms with van der Waals surface area (Å²) in [7, 11) is 1.63. The molecule has 25 heavy (non-hydrogen) atoms. The molecule has 0 spiro atoms. The predicted octanol–water partition coefficient (Wildman–Crippen LogP) is 2.67. The van der Waals surface area contributed by atoms with E-state index < -0.39 is 0 Å². The number of fused-ring (bicyclic) bond motifs is 1. The van der Waals surface area contributed by atoms with Crippen molar-refractivity contribution in [1.29, 1.82) is 0 Å². The van der Waals surface area contributed by atoms with Crippen LogP contribution in [0, 0.1) is 0 Å². The standard InChI is InChI=1S/C18H15N3O4/c1-23-12-7-5-11(6-8-12)9-15-20-18(25-21-15)13-3-2-4-14-17(13)24-10-16(22)19-14/h2-8H,9-10H2,1H3,(H,19,22). The smallest absolute Gasteiger partial charge is 0.262 e. The molecule has 1 amide bonds. The molecule has 0 aliphatic carbocycles. The second-order valence-electron chi connectivity index (χ2n) is 5.56. The number of nitrogens with one attached hydrogen (secondary N) is 1. The van der Waals surface area contributed by atoms with Crippen LogP contribution in [0.25, 0.3) is 11.5 Å². The summed E-state index contributed by atoms with van der Waals surface area (Å²) in [5.74, 6) is 2.08. The number of anilines is 1. The van der Waals surface area contributed by atoms with Crippen LogP contribution in [0.1, 0.15) is 11.4 Å². The average molecular weight is 337 g/mol. The quantitative estimate of drug-likeness (QED) is 0.788. The Balaban J connectivity index is 1.59. The number of amides is 1. The zero-order valence-electron chi connectivity index (χ0n) is 13.5. The van der Waals surface area contributed by atoms with E-state index in [-0.39, 0.29) is 12.5 Å². The van der Waals surface area contributed by atoms with Gasteiger partial charge >= 0.3 is 0 Å². The summed E-state index contributed by atoms with van der Waals surface area (Å²) >= 11 is 0. The average Bonchev–Trinajstić information content (AvgIpc) is 3.10. The van der Waals surface area contributed by atoms with Crippen LogP contribution in [0.3, 0.4) is 0 Å². The summed E-state index contributed by atoms with van der Waals surface area (Å²) in [6, 6.07) is 13.1. The first-order valence-corrected chi connectivity index (χ1v) is 7.74. The Morgan fingerprint density at radius 2 is 2.04 bits per heavy atom. The number of hydrogen-bond acceptors (Lipinski definition) is 6. The Hall–Kier alpha value is -3.35. The Bertz CT molecular complexity index is 918. The van der Waals surface area contributed by atoms with Crippen molar-refractivity contribution in [2.75, 3.05) is 19.0 Å². The predicted molar refractivity (Wildman–Crippen MR) is 89.7 cm³/mol. The van der Waals surface area contributed by atoms with E-state index in [0.29, 0.717) is 35.1 Å². The first kappa shape index (κ1) is 15.2. The number of nitrogens with zero attached hydrogens (tertiary/aromatic N) is 2. The maximum atomic E-state index is 11.4. The Labute approximate surface area is 143 Å². The van der Waals surface area contributed by atoms with Crippen molar-refractivity contribution in [1.82, 2.24) is 10.1 Å². The van der Waals surface area contributed by atoms with Gasteiger partial charge in [-0.2, -0.15) is 4.98 Å². The van der Waals surface area contributed by atoms with Gasteiger partial charge in [-0.25, -0.2) is 0 Å². The maximum Gasteiger partial charge on any atom is 0.262 e. The van der Waals surface area contributed by atoms with Gasteiger partial charge in [0, 0.05) is 6.42 Å². The lowest BCUT2D eigenvalue weighted by molar-refractivity contribution is -0.118. The maximum absolute atomic E-state index is 11.4. The number of carbonyl (C=O) groups excluding carboxylic acids is 1. The lowest BCUT2D eigenvalue weighted by Crippen LogP contribution is -2.25. The van der Waals surface area contributed by atoms with E-state index in [0.717, 1.165) is 11.3 Å². The number of aromatic nitrogens is 2. The molecular weight excluding hydrogens is 322 g/mol. The fourth-order valence-corrected chi connectivity index (χ4v) is 2.64. The van der Waals surface area contributed by atoms with Crippen molar-refractivity contribution in [3.8, 4) is 23.0 Å². The number of hydrogen-bond donors (Lipinski definition) is 1. The fourth-order valence-electron chi connectivity index (χ4n) is 2.64. The van der Waals surface area contributed by atoms with Gasteiger partial charge < -0.3 is 19.3 Å². The number of benzene rings is 2. The molecule has 4 rings (SSSR count). The molecule has 0 atom stereocenters. The minimum absolute atomic E-state index is 0.0309. The fraction of sp³-hybridized carbons (Fsp3) is 0.167. The summed E-state index contributed by atoms with van der Waals surface area (Å²) in [6.07, 6.45) is 0.542. The highest BCUT2D eigenvalue weighted by Gasteiger charge is 2.22. The molecule has 0 fully saturated rings. The number of ether oxygens (including phenoxy) is 2. The Morgan fingerprint density at radius 3 is 2.84 bits per heavy atom. The first-order chi connectivity index (χ1) is 12.2. The van der Waals surface area contributed by atoms with Gasteiger partial charge in [0.15, 0.2) is 18.2 Å². The molecule has 0 radical (unpaired) electrons. The molecule has 126 valence electrons. The van der Waals surface area contributed by atoms with E-state index >= 15 is 0 Å². The molecule has 1 aliphatic heterocycles. The van der Waals surface area contributed by atoms with Crippen LogP contribution in [0.15, 0.2) is 47.0 Å². The third-order valence-corrected chi connectivity index (χ3v) is 3.86. The van der Waals surface area contributed by atoms with Crippen molar-refractivity contribution in [2.45, 2.75) is 6.42 Å². The van der Waals surface area contributed by atoms with Crippen molar-refractivity contribution in [3.05, 3.63) is 53.9 Å². The molecule has 1 aliphatic rings. The zero-order chi connectivity index (χ0) is 17.2. The molecule has 1 N–H and O–H groups in total. The van der Waals surface area contributed by atoms with E-state index in [1.54, 1.807) is 19.2 Å². The zero-order valence-corrected chi connectivity index (χ0v) is 13.5. The SMILES string of the molecule is COc1ccc(Cc2noc(-c3cccc4c3OCC(=O)N4)n2)cc1. The van der Waals surface area contributed by atoms with Crippen LogP contribution in [0.4, 0.5) is 5.69 Å². The summed E-state index contributed by atoms with van der Waals surface area (Å²) in [5, 5.41) is 6.80. The summed E-state index contributed by atoms with van der Waals surface area (Å²) < 4.78 is 16.1. The minimum atomic E-state index is -0.185. The van der Waals surface area contributed by atoms with Gasteiger partial charge in [-0.3, -0.25) is 4.79 Å². The van der Waals surface area contributed by atoms with Crippen molar-refractivity contribution in [2.24, 2.45) is 0 Å². The van der Waals surface area contributed by atoms with E-state index in [9.17, 15) is 4.79 Å². The minimum Gasteiger partial charge on any atom is -0.497 e. The van der Waals surface area contributed by atoms with E-state index in [1.165, 1.54) is 0 Å². The summed E-state index contributed by atoms with van der Waals surface area (Å²) in [6.45, 7) is -0.0309. The molecule has 7 nitrogen and oxygen atoms in total. The third-order valence-electron chi connectivity index (χ3n) is 3.86. The van der Waals surface area contributed by atoms with Gasteiger partial charge in [0.2, 0.25) is 0 Å². The van der Waals surface area contributed by atoms with Crippen molar-refractivity contribution < 1.29 is 18.8 Å². The van der Waals surface area contributed by atoms with Crippen LogP contribution >= 0.6 is 0 Å². The second kappa shape index (κ2) is 6.27. The summed E-state index contributed by atoms with van der Waals surface area (Å²) in [4.78, 5) is 15.9. The highest BCUT2D eigenvalue weighted by Crippen LogP contribution is 2.37. The molecule has 0 bridgehead atoms. The van der Waals surface area contributed by atoms with Crippen molar-refractivity contribution in [3.63, 3.8) is 0 Å². The Morgan fingerprint density at radius 1 is 1.20 bits per heavy atom. The third kappa shape index (κ3) is 3.03. The number of carbonyl (C=O) groups is 1. The molecule has 2 heterocycles. The molecule has 0 saturated carbocycles. The molecule has 2 aromatic carbocycles. The molecular formula is C18H15N3O4. The number of para-hydroxylation sites is 1. The second-order valence-corrected chi connectivity index (χ2v) is 5.56. The van der Waals surface area contributed by atoms with Crippen LogP contribution in [0.5, 0.6) is 11.5 Å². The number of methoxy groups -OCH3 is 1. The Kier molecular flexibility index (Phi) is 3.81. The van der Waals surface area contributed by atoms with Crippen LogP contribution in [-0.2, 0) is 11.2 Å².